The number of nitrogens with zero attached hydrogens (tertiary/aromatic N) is 2. The van der Waals surface area contributed by atoms with Gasteiger partial charge in [0.25, 0.3) is 5.91 Å². The number of aromatic nitrogens is 3. The lowest BCUT2D eigenvalue weighted by Crippen LogP contribution is -2.41. The fourth-order valence-electron chi connectivity index (χ4n) is 3.34. The zero-order valence-electron chi connectivity index (χ0n) is 17.3. The number of carbonyl (C=O) groups excluding carboxylic acids is 3. The zero-order valence-corrected chi connectivity index (χ0v) is 17.3. The van der Waals surface area contributed by atoms with Crippen LogP contribution in [0.1, 0.15) is 34.6 Å². The summed E-state index contributed by atoms with van der Waals surface area (Å²) in [6.07, 6.45) is 0.666. The Hall–Kier alpha value is -4.21. The van der Waals surface area contributed by atoms with E-state index in [9.17, 15) is 14.4 Å². The predicted octanol–water partition coefficient (Wildman–Crippen LogP) is 1.87. The van der Waals surface area contributed by atoms with E-state index in [1.807, 2.05) is 24.3 Å². The van der Waals surface area contributed by atoms with Crippen LogP contribution in [0.15, 0.2) is 48.5 Å². The number of anilines is 2. The summed E-state index contributed by atoms with van der Waals surface area (Å²) < 4.78 is 5.14. The van der Waals surface area contributed by atoms with Crippen molar-refractivity contribution in [1.82, 2.24) is 20.5 Å². The topological polar surface area (TPSA) is 138 Å². The normalized spacial score (nSPS) is 15.2. The van der Waals surface area contributed by atoms with Crippen LogP contribution in [0, 0.1) is 0 Å². The molecule has 0 unspecified atom stereocenters. The highest BCUT2D eigenvalue weighted by molar-refractivity contribution is 6.09. The van der Waals surface area contributed by atoms with Gasteiger partial charge in [-0.1, -0.05) is 24.3 Å². The number of benzene rings is 2. The molecular formula is C22H22N6O4. The standard InChI is InChI=1S/C22H22N6O4/c1-32-14-8-6-13(7-9-14)12-18-25-22(28-27-18)26-19(29)11-10-17-21(31)23-16-5-3-2-4-15(16)20(30)24-17/h2-9,17H,10-12H2,1H3,(H,23,31)(H,24,30)(H2,25,26,27,28,29)/t17-/m1/s1. The van der Waals surface area contributed by atoms with Crippen LogP contribution < -0.4 is 20.7 Å². The third kappa shape index (κ3) is 4.91. The molecule has 32 heavy (non-hydrogen) atoms. The molecule has 4 rings (SSSR count). The summed E-state index contributed by atoms with van der Waals surface area (Å²) in [7, 11) is 1.61. The third-order valence-electron chi connectivity index (χ3n) is 5.03. The molecule has 10 nitrogen and oxygen atoms in total. The van der Waals surface area contributed by atoms with E-state index in [4.69, 9.17) is 4.74 Å². The summed E-state index contributed by atoms with van der Waals surface area (Å²) in [5.41, 5.74) is 1.85. The lowest BCUT2D eigenvalue weighted by atomic mass is 10.1. The van der Waals surface area contributed by atoms with E-state index in [1.165, 1.54) is 0 Å². The Bertz CT molecular complexity index is 1140. The second-order valence-corrected chi connectivity index (χ2v) is 7.28. The molecule has 0 saturated heterocycles. The Morgan fingerprint density at radius 3 is 2.69 bits per heavy atom. The highest BCUT2D eigenvalue weighted by Gasteiger charge is 2.28. The molecule has 164 valence electrons. The minimum atomic E-state index is -0.821. The first-order chi connectivity index (χ1) is 15.5. The van der Waals surface area contributed by atoms with E-state index < -0.39 is 6.04 Å². The Balaban J connectivity index is 1.30. The largest absolute Gasteiger partial charge is 0.497 e. The van der Waals surface area contributed by atoms with Gasteiger partial charge in [-0.15, -0.1) is 5.10 Å². The quantitative estimate of drug-likeness (QED) is 0.448. The predicted molar refractivity (Wildman–Crippen MR) is 116 cm³/mol. The average molecular weight is 434 g/mol. The van der Waals surface area contributed by atoms with Gasteiger partial charge in [-0.25, -0.2) is 0 Å². The SMILES string of the molecule is COc1ccc(Cc2nc(NC(=O)CC[C@H]3NC(=O)c4ccccc4NC3=O)n[nH]2)cc1. The molecule has 3 amide bonds. The van der Waals surface area contributed by atoms with Gasteiger partial charge in [0.15, 0.2) is 0 Å². The van der Waals surface area contributed by atoms with Crippen LogP contribution in [0.4, 0.5) is 11.6 Å². The minimum Gasteiger partial charge on any atom is -0.497 e. The number of fused-ring (bicyclic) bond motifs is 1. The van der Waals surface area contributed by atoms with Crippen molar-refractivity contribution >= 4 is 29.4 Å². The van der Waals surface area contributed by atoms with Crippen LogP contribution in [0.25, 0.3) is 0 Å². The van der Waals surface area contributed by atoms with Gasteiger partial charge < -0.3 is 15.4 Å². The molecule has 0 bridgehead atoms. The molecule has 2 heterocycles. The fraction of sp³-hybridized carbons (Fsp3) is 0.227. The maximum Gasteiger partial charge on any atom is 0.254 e. The number of nitrogens with one attached hydrogen (secondary N) is 4. The molecule has 1 atom stereocenters. The van der Waals surface area contributed by atoms with Crippen LogP contribution in [-0.4, -0.2) is 46.1 Å². The van der Waals surface area contributed by atoms with Crippen molar-refractivity contribution in [1.29, 1.82) is 0 Å². The van der Waals surface area contributed by atoms with Gasteiger partial charge in [-0.3, -0.25) is 24.8 Å². The van der Waals surface area contributed by atoms with Crippen molar-refractivity contribution in [2.75, 3.05) is 17.7 Å². The first kappa shape index (κ1) is 21.0. The molecule has 4 N–H and O–H groups in total. The molecule has 2 aromatic carbocycles. The molecule has 0 saturated carbocycles. The minimum absolute atomic E-state index is 0.0110. The van der Waals surface area contributed by atoms with Gasteiger partial charge in [0.2, 0.25) is 17.8 Å². The molecule has 1 aliphatic rings. The lowest BCUT2D eigenvalue weighted by Gasteiger charge is -2.13. The second-order valence-electron chi connectivity index (χ2n) is 7.28. The molecule has 0 aliphatic carbocycles. The van der Waals surface area contributed by atoms with Gasteiger partial charge in [0.05, 0.1) is 18.4 Å². The van der Waals surface area contributed by atoms with E-state index >= 15 is 0 Å². The number of hydrogen-bond acceptors (Lipinski definition) is 6. The van der Waals surface area contributed by atoms with E-state index in [0.29, 0.717) is 23.5 Å². The summed E-state index contributed by atoms with van der Waals surface area (Å²) in [5.74, 6) is 0.432. The molecule has 1 aliphatic heterocycles. The number of hydrogen-bond donors (Lipinski definition) is 4. The number of rotatable bonds is 7. The number of H-pyrrole nitrogens is 1. The monoisotopic (exact) mass is 434 g/mol. The van der Waals surface area contributed by atoms with Crippen LogP contribution in [0.2, 0.25) is 0 Å². The molecule has 3 aromatic rings. The maximum absolute atomic E-state index is 12.4. The van der Waals surface area contributed by atoms with Crippen LogP contribution in [0.3, 0.4) is 0 Å². The van der Waals surface area contributed by atoms with Crippen molar-refractivity contribution < 1.29 is 19.1 Å². The summed E-state index contributed by atoms with van der Waals surface area (Å²) in [6, 6.07) is 13.5. The number of methoxy groups -OCH3 is 1. The fourth-order valence-corrected chi connectivity index (χ4v) is 3.34. The molecule has 1 aromatic heterocycles. The second kappa shape index (κ2) is 9.29. The number of ether oxygens (including phenoxy) is 1. The Morgan fingerprint density at radius 2 is 1.91 bits per heavy atom. The van der Waals surface area contributed by atoms with Gasteiger partial charge in [0.1, 0.15) is 17.6 Å². The van der Waals surface area contributed by atoms with Gasteiger partial charge in [0, 0.05) is 12.8 Å². The van der Waals surface area contributed by atoms with E-state index in [0.717, 1.165) is 11.3 Å². The summed E-state index contributed by atoms with van der Waals surface area (Å²) in [5, 5.41) is 14.8. The molecule has 0 fully saturated rings. The van der Waals surface area contributed by atoms with Crippen LogP contribution in [0.5, 0.6) is 5.75 Å². The summed E-state index contributed by atoms with van der Waals surface area (Å²) in [4.78, 5) is 41.4. The van der Waals surface area contributed by atoms with E-state index in [-0.39, 0.29) is 36.5 Å². The molecule has 0 radical (unpaired) electrons. The maximum atomic E-state index is 12.4. The smallest absolute Gasteiger partial charge is 0.254 e. The Labute approximate surface area is 183 Å². The van der Waals surface area contributed by atoms with Crippen molar-refractivity contribution in [3.63, 3.8) is 0 Å². The van der Waals surface area contributed by atoms with Crippen LogP contribution >= 0.6 is 0 Å². The first-order valence-corrected chi connectivity index (χ1v) is 10.1. The van der Waals surface area contributed by atoms with Crippen molar-refractivity contribution in [2.24, 2.45) is 0 Å². The third-order valence-corrected chi connectivity index (χ3v) is 5.03. The molecular weight excluding hydrogens is 412 g/mol. The number of aromatic amines is 1. The summed E-state index contributed by atoms with van der Waals surface area (Å²) >= 11 is 0. The molecule has 10 heteroatoms. The highest BCUT2D eigenvalue weighted by Crippen LogP contribution is 2.19. The van der Waals surface area contributed by atoms with Crippen molar-refractivity contribution in [3.8, 4) is 5.75 Å². The highest BCUT2D eigenvalue weighted by atomic mass is 16.5. The van der Waals surface area contributed by atoms with E-state index in [2.05, 4.69) is 31.1 Å². The van der Waals surface area contributed by atoms with E-state index in [1.54, 1.807) is 31.4 Å². The number of carbonyl (C=O) groups is 3. The number of para-hydroxylation sites is 1. The Morgan fingerprint density at radius 1 is 1.12 bits per heavy atom. The zero-order chi connectivity index (χ0) is 22.5. The van der Waals surface area contributed by atoms with Gasteiger partial charge in [-0.2, -0.15) is 4.98 Å². The van der Waals surface area contributed by atoms with Crippen molar-refractivity contribution in [2.45, 2.75) is 25.3 Å². The lowest BCUT2D eigenvalue weighted by molar-refractivity contribution is -0.118. The van der Waals surface area contributed by atoms with Crippen LogP contribution in [-0.2, 0) is 16.0 Å². The average Bonchev–Trinajstić information content (AvgIpc) is 3.18. The summed E-state index contributed by atoms with van der Waals surface area (Å²) in [6.45, 7) is 0. The molecule has 0 spiro atoms. The van der Waals surface area contributed by atoms with Gasteiger partial charge in [-0.05, 0) is 36.2 Å². The number of amides is 3. The van der Waals surface area contributed by atoms with Crippen molar-refractivity contribution in [3.05, 3.63) is 65.5 Å². The first-order valence-electron chi connectivity index (χ1n) is 10.1. The van der Waals surface area contributed by atoms with Gasteiger partial charge >= 0.3 is 0 Å². The Kier molecular flexibility index (Phi) is 6.11.